The number of nitrogens with zero attached hydrogens (tertiary/aromatic N) is 5. The highest BCUT2D eigenvalue weighted by molar-refractivity contribution is 5.89. The van der Waals surface area contributed by atoms with E-state index in [0.29, 0.717) is 11.5 Å². The van der Waals surface area contributed by atoms with E-state index in [0.717, 1.165) is 28.1 Å². The van der Waals surface area contributed by atoms with Crippen LogP contribution in [0.3, 0.4) is 0 Å². The lowest BCUT2D eigenvalue weighted by Gasteiger charge is -2.07. The van der Waals surface area contributed by atoms with E-state index in [4.69, 9.17) is 5.73 Å². The van der Waals surface area contributed by atoms with Crippen molar-refractivity contribution in [1.82, 2.24) is 24.5 Å². The number of hydrogen-bond donors (Lipinski definition) is 2. The molecule has 7 nitrogen and oxygen atoms in total. The molecule has 0 aliphatic carbocycles. The molecule has 0 aliphatic rings. The summed E-state index contributed by atoms with van der Waals surface area (Å²) >= 11 is 0. The molecule has 0 unspecified atom stereocenters. The van der Waals surface area contributed by atoms with Crippen molar-refractivity contribution in [2.75, 3.05) is 11.1 Å². The molecule has 4 rings (SSSR count). The Morgan fingerprint density at radius 3 is 2.72 bits per heavy atom. The lowest BCUT2D eigenvalue weighted by Crippen LogP contribution is -2.03. The molecule has 4 aromatic rings. The van der Waals surface area contributed by atoms with E-state index >= 15 is 0 Å². The zero-order chi connectivity index (χ0) is 17.6. The van der Waals surface area contributed by atoms with E-state index < -0.39 is 0 Å². The van der Waals surface area contributed by atoms with Gasteiger partial charge in [-0.15, -0.1) is 0 Å². The van der Waals surface area contributed by atoms with Gasteiger partial charge in [-0.25, -0.2) is 4.98 Å². The van der Waals surface area contributed by atoms with Gasteiger partial charge in [-0.2, -0.15) is 10.2 Å². The van der Waals surface area contributed by atoms with Crippen LogP contribution in [-0.2, 0) is 14.1 Å². The molecule has 0 amide bonds. The standard InChI is InChI=1S/C18H19N7/c1-11-5-4-6-12(7-11)15-9-17(24(2)23-15)21-16-8-14(19)13-10-20-25(3)18(13)22-16/h4-10H,1-3H3,(H3,19,21,22). The number of aromatic nitrogens is 5. The van der Waals surface area contributed by atoms with Crippen molar-refractivity contribution >= 4 is 28.4 Å². The van der Waals surface area contributed by atoms with Gasteiger partial charge >= 0.3 is 0 Å². The van der Waals surface area contributed by atoms with Crippen LogP contribution in [0.15, 0.2) is 42.6 Å². The summed E-state index contributed by atoms with van der Waals surface area (Å²) in [5.74, 6) is 1.50. The molecule has 126 valence electrons. The molecule has 1 aromatic carbocycles. The zero-order valence-electron chi connectivity index (χ0n) is 14.4. The van der Waals surface area contributed by atoms with Crippen molar-refractivity contribution in [3.63, 3.8) is 0 Å². The van der Waals surface area contributed by atoms with Crippen molar-refractivity contribution < 1.29 is 0 Å². The highest BCUT2D eigenvalue weighted by atomic mass is 15.3. The number of benzene rings is 1. The molecule has 0 aliphatic heterocycles. The SMILES string of the molecule is Cc1cccc(-c2cc(Nc3cc(N)c4cnn(C)c4n3)n(C)n2)c1. The van der Waals surface area contributed by atoms with Crippen LogP contribution < -0.4 is 11.1 Å². The van der Waals surface area contributed by atoms with Gasteiger partial charge < -0.3 is 11.1 Å². The summed E-state index contributed by atoms with van der Waals surface area (Å²) in [6.45, 7) is 2.07. The number of anilines is 3. The Labute approximate surface area is 145 Å². The predicted octanol–water partition coefficient (Wildman–Crippen LogP) is 3.00. The summed E-state index contributed by atoms with van der Waals surface area (Å²) < 4.78 is 3.50. The fourth-order valence-electron chi connectivity index (χ4n) is 2.86. The highest BCUT2D eigenvalue weighted by Gasteiger charge is 2.11. The van der Waals surface area contributed by atoms with Gasteiger partial charge in [0.1, 0.15) is 11.6 Å². The van der Waals surface area contributed by atoms with Crippen LogP contribution in [0.5, 0.6) is 0 Å². The number of nitrogens with two attached hydrogens (primary N) is 1. The Balaban J connectivity index is 1.71. The first kappa shape index (κ1) is 15.2. The van der Waals surface area contributed by atoms with Crippen molar-refractivity contribution in [3.8, 4) is 11.3 Å². The van der Waals surface area contributed by atoms with Gasteiger partial charge in [0, 0.05) is 37.5 Å². The molecule has 3 heterocycles. The first-order valence-corrected chi connectivity index (χ1v) is 7.97. The molecule has 7 heteroatoms. The summed E-state index contributed by atoms with van der Waals surface area (Å²) in [4.78, 5) is 4.60. The second kappa shape index (κ2) is 5.62. The first-order valence-electron chi connectivity index (χ1n) is 7.97. The summed E-state index contributed by atoms with van der Waals surface area (Å²) in [5.41, 5.74) is 10.7. The van der Waals surface area contributed by atoms with Crippen molar-refractivity contribution in [2.24, 2.45) is 14.1 Å². The van der Waals surface area contributed by atoms with Crippen LogP contribution in [0, 0.1) is 6.92 Å². The largest absolute Gasteiger partial charge is 0.398 e. The highest BCUT2D eigenvalue weighted by Crippen LogP contribution is 2.27. The molecule has 3 N–H and O–H groups in total. The number of pyridine rings is 1. The summed E-state index contributed by atoms with van der Waals surface area (Å²) in [7, 11) is 3.74. The Morgan fingerprint density at radius 1 is 1.08 bits per heavy atom. The maximum Gasteiger partial charge on any atom is 0.161 e. The Bertz CT molecular complexity index is 1070. The fraction of sp³-hybridized carbons (Fsp3) is 0.167. The average Bonchev–Trinajstić information content (AvgIpc) is 3.12. The van der Waals surface area contributed by atoms with Crippen LogP contribution in [0.25, 0.3) is 22.3 Å². The Kier molecular flexibility index (Phi) is 3.42. The Morgan fingerprint density at radius 2 is 1.92 bits per heavy atom. The number of fused-ring (bicyclic) bond motifs is 1. The van der Waals surface area contributed by atoms with Crippen LogP contribution in [-0.4, -0.2) is 24.5 Å². The molecule has 25 heavy (non-hydrogen) atoms. The smallest absolute Gasteiger partial charge is 0.161 e. The molecule has 0 radical (unpaired) electrons. The summed E-state index contributed by atoms with van der Waals surface area (Å²) in [5, 5.41) is 12.9. The van der Waals surface area contributed by atoms with E-state index in [-0.39, 0.29) is 0 Å². The number of nitrogens with one attached hydrogen (secondary N) is 1. The zero-order valence-corrected chi connectivity index (χ0v) is 14.4. The van der Waals surface area contributed by atoms with Gasteiger partial charge in [0.25, 0.3) is 0 Å². The van der Waals surface area contributed by atoms with E-state index in [1.165, 1.54) is 5.56 Å². The molecule has 0 atom stereocenters. The van der Waals surface area contributed by atoms with Gasteiger partial charge in [0.15, 0.2) is 5.65 Å². The molecule has 0 fully saturated rings. The van der Waals surface area contributed by atoms with E-state index in [2.05, 4.69) is 45.6 Å². The molecule has 3 aromatic heterocycles. The average molecular weight is 333 g/mol. The third-order valence-corrected chi connectivity index (χ3v) is 4.19. The number of nitrogen functional groups attached to an aromatic ring is 1. The lowest BCUT2D eigenvalue weighted by molar-refractivity contribution is 0.777. The minimum absolute atomic E-state index is 0.640. The summed E-state index contributed by atoms with van der Waals surface area (Å²) in [6, 6.07) is 12.1. The van der Waals surface area contributed by atoms with E-state index in [1.807, 2.05) is 32.3 Å². The molecular formula is C18H19N7. The monoisotopic (exact) mass is 333 g/mol. The molecule has 0 saturated carbocycles. The molecule has 0 spiro atoms. The van der Waals surface area contributed by atoms with E-state index in [1.54, 1.807) is 15.6 Å². The second-order valence-corrected chi connectivity index (χ2v) is 6.14. The predicted molar refractivity (Wildman–Crippen MR) is 99.6 cm³/mol. The van der Waals surface area contributed by atoms with Crippen molar-refractivity contribution in [2.45, 2.75) is 6.92 Å². The van der Waals surface area contributed by atoms with Crippen LogP contribution >= 0.6 is 0 Å². The van der Waals surface area contributed by atoms with Gasteiger partial charge in [0.05, 0.1) is 17.3 Å². The normalized spacial score (nSPS) is 11.2. The second-order valence-electron chi connectivity index (χ2n) is 6.14. The minimum atomic E-state index is 0.640. The lowest BCUT2D eigenvalue weighted by atomic mass is 10.1. The third-order valence-electron chi connectivity index (χ3n) is 4.19. The number of aryl methyl sites for hydroxylation is 3. The molecule has 0 bridgehead atoms. The van der Waals surface area contributed by atoms with Gasteiger partial charge in [-0.05, 0) is 13.0 Å². The Hall–Kier alpha value is -3.35. The maximum absolute atomic E-state index is 6.12. The van der Waals surface area contributed by atoms with Gasteiger partial charge in [0.2, 0.25) is 0 Å². The van der Waals surface area contributed by atoms with Gasteiger partial charge in [-0.1, -0.05) is 23.8 Å². The topological polar surface area (TPSA) is 86.6 Å². The van der Waals surface area contributed by atoms with Crippen LogP contribution in [0.1, 0.15) is 5.56 Å². The quantitative estimate of drug-likeness (QED) is 0.602. The number of rotatable bonds is 3. The molecule has 0 saturated heterocycles. The fourth-order valence-corrected chi connectivity index (χ4v) is 2.86. The first-order chi connectivity index (χ1) is 12.0. The number of hydrogen-bond acceptors (Lipinski definition) is 5. The maximum atomic E-state index is 6.12. The van der Waals surface area contributed by atoms with Crippen molar-refractivity contribution in [3.05, 3.63) is 48.2 Å². The van der Waals surface area contributed by atoms with Crippen LogP contribution in [0.4, 0.5) is 17.3 Å². The minimum Gasteiger partial charge on any atom is -0.398 e. The third kappa shape index (κ3) is 2.69. The molecular weight excluding hydrogens is 314 g/mol. The van der Waals surface area contributed by atoms with Crippen molar-refractivity contribution in [1.29, 1.82) is 0 Å². The van der Waals surface area contributed by atoms with E-state index in [9.17, 15) is 0 Å². The van der Waals surface area contributed by atoms with Gasteiger partial charge in [-0.3, -0.25) is 9.36 Å². The van der Waals surface area contributed by atoms with Crippen LogP contribution in [0.2, 0.25) is 0 Å². The summed E-state index contributed by atoms with van der Waals surface area (Å²) in [6.07, 6.45) is 1.72.